The van der Waals surface area contributed by atoms with Gasteiger partial charge in [0.05, 0.1) is 4.90 Å². The fourth-order valence-electron chi connectivity index (χ4n) is 1.74. The number of allylic oxidation sites excluding steroid dienone is 1. The Morgan fingerprint density at radius 2 is 2.25 bits per heavy atom. The lowest BCUT2D eigenvalue weighted by atomic mass is 10.3. The van der Waals surface area contributed by atoms with Crippen LogP contribution in [0.5, 0.6) is 0 Å². The number of thiophene rings is 1. The van der Waals surface area contributed by atoms with Crippen LogP contribution in [0, 0.1) is 0 Å². The number of unbranched alkanes of at least 4 members (excludes halogenated alkanes) is 1. The lowest BCUT2D eigenvalue weighted by Crippen LogP contribution is -2.27. The number of nitrogens with zero attached hydrogens (tertiary/aromatic N) is 1. The van der Waals surface area contributed by atoms with Gasteiger partial charge in [-0.1, -0.05) is 13.0 Å². The molecule has 6 heteroatoms. The molecule has 0 aromatic carbocycles. The fraction of sp³-hybridized carbons (Fsp3) is 0.571. The van der Waals surface area contributed by atoms with Crippen molar-refractivity contribution in [3.05, 3.63) is 29.0 Å². The molecular weight excluding hydrogens is 292 g/mol. The Bertz CT molecular complexity index is 509. The number of rotatable bonds is 10. The van der Waals surface area contributed by atoms with E-state index in [1.165, 1.54) is 15.6 Å². The van der Waals surface area contributed by atoms with Crippen molar-refractivity contribution in [2.45, 2.75) is 37.6 Å². The first-order valence-corrected chi connectivity index (χ1v) is 9.19. The van der Waals surface area contributed by atoms with Crippen molar-refractivity contribution in [1.29, 1.82) is 0 Å². The van der Waals surface area contributed by atoms with Crippen LogP contribution in [0.2, 0.25) is 0 Å². The molecule has 0 amide bonds. The van der Waals surface area contributed by atoms with Crippen molar-refractivity contribution in [2.75, 3.05) is 20.1 Å². The Labute approximate surface area is 126 Å². The van der Waals surface area contributed by atoms with E-state index in [0.717, 1.165) is 37.2 Å². The van der Waals surface area contributed by atoms with Crippen LogP contribution in [0.1, 0.15) is 31.1 Å². The van der Waals surface area contributed by atoms with Crippen molar-refractivity contribution in [3.63, 3.8) is 0 Å². The van der Waals surface area contributed by atoms with Gasteiger partial charge in [0, 0.05) is 30.4 Å². The van der Waals surface area contributed by atoms with Crippen LogP contribution >= 0.6 is 11.3 Å². The largest absolute Gasteiger partial charge is 0.312 e. The van der Waals surface area contributed by atoms with E-state index in [2.05, 4.69) is 18.8 Å². The van der Waals surface area contributed by atoms with Crippen LogP contribution in [0.25, 0.3) is 0 Å². The molecule has 0 radical (unpaired) electrons. The molecule has 0 fully saturated rings. The smallest absolute Gasteiger partial charge is 0.243 e. The molecule has 1 heterocycles. The molecule has 1 N–H and O–H groups in total. The molecule has 0 unspecified atom stereocenters. The topological polar surface area (TPSA) is 49.4 Å². The van der Waals surface area contributed by atoms with Crippen molar-refractivity contribution >= 4 is 21.4 Å². The molecule has 0 saturated carbocycles. The summed E-state index contributed by atoms with van der Waals surface area (Å²) >= 11 is 1.49. The molecule has 0 saturated heterocycles. The van der Waals surface area contributed by atoms with Crippen LogP contribution in [-0.4, -0.2) is 32.9 Å². The third kappa shape index (κ3) is 5.01. The van der Waals surface area contributed by atoms with E-state index in [9.17, 15) is 8.42 Å². The molecule has 114 valence electrons. The van der Waals surface area contributed by atoms with Gasteiger partial charge in [-0.05, 0) is 31.9 Å². The van der Waals surface area contributed by atoms with Crippen LogP contribution in [-0.2, 0) is 16.6 Å². The van der Waals surface area contributed by atoms with E-state index in [-0.39, 0.29) is 0 Å². The Balaban J connectivity index is 2.64. The normalized spacial score (nSPS) is 11.9. The third-order valence-corrected chi connectivity index (χ3v) is 5.87. The first kappa shape index (κ1) is 17.4. The molecule has 0 atom stereocenters. The molecule has 1 rings (SSSR count). The summed E-state index contributed by atoms with van der Waals surface area (Å²) in [7, 11) is -1.72. The summed E-state index contributed by atoms with van der Waals surface area (Å²) in [6.45, 7) is 7.95. The van der Waals surface area contributed by atoms with E-state index in [1.54, 1.807) is 18.5 Å². The van der Waals surface area contributed by atoms with Crippen molar-refractivity contribution in [3.8, 4) is 0 Å². The van der Waals surface area contributed by atoms with Crippen LogP contribution in [0.3, 0.4) is 0 Å². The molecule has 0 aliphatic carbocycles. The summed E-state index contributed by atoms with van der Waals surface area (Å²) in [6.07, 6.45) is 4.51. The van der Waals surface area contributed by atoms with E-state index in [4.69, 9.17) is 0 Å². The molecule has 1 aromatic rings. The summed E-state index contributed by atoms with van der Waals surface area (Å²) in [6, 6.07) is 1.77. The van der Waals surface area contributed by atoms with Crippen LogP contribution < -0.4 is 5.32 Å². The number of nitrogens with one attached hydrogen (secondary N) is 1. The van der Waals surface area contributed by atoms with Crippen molar-refractivity contribution < 1.29 is 8.42 Å². The zero-order valence-corrected chi connectivity index (χ0v) is 13.9. The van der Waals surface area contributed by atoms with Crippen LogP contribution in [0.15, 0.2) is 29.0 Å². The van der Waals surface area contributed by atoms with E-state index in [0.29, 0.717) is 11.4 Å². The lowest BCUT2D eigenvalue weighted by molar-refractivity contribution is 0.463. The molecule has 20 heavy (non-hydrogen) atoms. The van der Waals surface area contributed by atoms with Crippen molar-refractivity contribution in [2.24, 2.45) is 0 Å². The Morgan fingerprint density at radius 1 is 1.50 bits per heavy atom. The van der Waals surface area contributed by atoms with E-state index < -0.39 is 10.0 Å². The molecule has 4 nitrogen and oxygen atoms in total. The summed E-state index contributed by atoms with van der Waals surface area (Å²) in [5, 5.41) is 5.00. The predicted octanol–water partition coefficient (Wildman–Crippen LogP) is 2.83. The van der Waals surface area contributed by atoms with Gasteiger partial charge in [-0.2, -0.15) is 0 Å². The minimum atomic E-state index is -3.35. The SMILES string of the molecule is C=CCCCN(C)S(=O)(=O)c1csc(CNCCC)c1. The summed E-state index contributed by atoms with van der Waals surface area (Å²) < 4.78 is 26.1. The fourth-order valence-corrected chi connectivity index (χ4v) is 4.18. The highest BCUT2D eigenvalue weighted by atomic mass is 32.2. The van der Waals surface area contributed by atoms with Crippen molar-refractivity contribution in [1.82, 2.24) is 9.62 Å². The zero-order chi connectivity index (χ0) is 15.0. The average Bonchev–Trinajstić information content (AvgIpc) is 2.88. The van der Waals surface area contributed by atoms with Crippen LogP contribution in [0.4, 0.5) is 0 Å². The standard InChI is InChI=1S/C14H24N2O2S2/c1-4-6-7-9-16(3)20(17,18)14-10-13(19-12-14)11-15-8-5-2/h4,10,12,15H,1,5-9,11H2,2-3H3. The highest BCUT2D eigenvalue weighted by Crippen LogP contribution is 2.22. The Hall–Kier alpha value is -0.690. The maximum Gasteiger partial charge on any atom is 0.243 e. The van der Waals surface area contributed by atoms with Gasteiger partial charge >= 0.3 is 0 Å². The highest BCUT2D eigenvalue weighted by molar-refractivity contribution is 7.89. The molecule has 0 spiro atoms. The quantitative estimate of drug-likeness (QED) is 0.533. The Kier molecular flexibility index (Phi) is 7.43. The summed E-state index contributed by atoms with van der Waals surface area (Å²) in [5.41, 5.74) is 0. The third-order valence-electron chi connectivity index (χ3n) is 2.95. The van der Waals surface area contributed by atoms with Gasteiger partial charge in [-0.3, -0.25) is 0 Å². The predicted molar refractivity (Wildman–Crippen MR) is 85.6 cm³/mol. The zero-order valence-electron chi connectivity index (χ0n) is 12.3. The van der Waals surface area contributed by atoms with Gasteiger partial charge in [0.15, 0.2) is 0 Å². The van der Waals surface area contributed by atoms with Gasteiger partial charge in [-0.15, -0.1) is 17.9 Å². The highest BCUT2D eigenvalue weighted by Gasteiger charge is 2.21. The summed E-state index contributed by atoms with van der Waals surface area (Å²) in [4.78, 5) is 1.45. The number of sulfonamides is 1. The molecule has 0 aliphatic heterocycles. The number of hydrogen-bond acceptors (Lipinski definition) is 4. The maximum absolute atomic E-state index is 12.4. The maximum atomic E-state index is 12.4. The second-order valence-electron chi connectivity index (χ2n) is 4.68. The molecular formula is C14H24N2O2S2. The summed E-state index contributed by atoms with van der Waals surface area (Å²) in [5.74, 6) is 0. The molecule has 0 aliphatic rings. The second-order valence-corrected chi connectivity index (χ2v) is 7.72. The Morgan fingerprint density at radius 3 is 2.90 bits per heavy atom. The molecule has 1 aromatic heterocycles. The van der Waals surface area contributed by atoms with E-state index >= 15 is 0 Å². The monoisotopic (exact) mass is 316 g/mol. The first-order chi connectivity index (χ1) is 9.52. The molecule has 0 bridgehead atoms. The average molecular weight is 316 g/mol. The lowest BCUT2D eigenvalue weighted by Gasteiger charge is -2.15. The minimum Gasteiger partial charge on any atom is -0.312 e. The van der Waals surface area contributed by atoms with Gasteiger partial charge in [0.1, 0.15) is 0 Å². The van der Waals surface area contributed by atoms with E-state index in [1.807, 2.05) is 6.08 Å². The van der Waals surface area contributed by atoms with Gasteiger partial charge < -0.3 is 5.32 Å². The van der Waals surface area contributed by atoms with Gasteiger partial charge in [-0.25, -0.2) is 12.7 Å². The minimum absolute atomic E-state index is 0.400. The second kappa shape index (κ2) is 8.56. The van der Waals surface area contributed by atoms with Gasteiger partial charge in [0.2, 0.25) is 10.0 Å². The first-order valence-electron chi connectivity index (χ1n) is 6.87. The number of hydrogen-bond donors (Lipinski definition) is 1. The van der Waals surface area contributed by atoms with Gasteiger partial charge in [0.25, 0.3) is 0 Å².